The number of amides is 1. The van der Waals surface area contributed by atoms with E-state index in [9.17, 15) is 4.79 Å². The van der Waals surface area contributed by atoms with Crippen molar-refractivity contribution in [1.82, 2.24) is 4.90 Å². The number of carbonyl (C=O) groups excluding carboxylic acids is 1. The summed E-state index contributed by atoms with van der Waals surface area (Å²) in [6, 6.07) is 7.64. The van der Waals surface area contributed by atoms with Crippen molar-refractivity contribution in [2.45, 2.75) is 39.2 Å². The van der Waals surface area contributed by atoms with Crippen LogP contribution in [0.2, 0.25) is 5.02 Å². The Balaban J connectivity index is 1.74. The van der Waals surface area contributed by atoms with Gasteiger partial charge in [-0.25, -0.2) is 4.79 Å². The normalized spacial score (nSPS) is 16.8. The summed E-state index contributed by atoms with van der Waals surface area (Å²) in [6.45, 7) is 7.96. The van der Waals surface area contributed by atoms with Gasteiger partial charge in [0.2, 0.25) is 0 Å². The zero-order valence-corrected chi connectivity index (χ0v) is 14.8. The van der Waals surface area contributed by atoms with E-state index in [4.69, 9.17) is 16.3 Å². The maximum absolute atomic E-state index is 12.0. The number of benzene rings is 1. The molecule has 0 aliphatic carbocycles. The maximum Gasteiger partial charge on any atom is 0.410 e. The van der Waals surface area contributed by atoms with Gasteiger partial charge in [0.05, 0.1) is 0 Å². The van der Waals surface area contributed by atoms with Crippen LogP contribution in [0.3, 0.4) is 0 Å². The second-order valence-corrected chi connectivity index (χ2v) is 7.39. The van der Waals surface area contributed by atoms with Gasteiger partial charge in [-0.15, -0.1) is 0 Å². The Morgan fingerprint density at radius 3 is 2.48 bits per heavy atom. The molecule has 2 rings (SSSR count). The fourth-order valence-corrected chi connectivity index (χ4v) is 2.61. The lowest BCUT2D eigenvalue weighted by molar-refractivity contribution is 0.0187. The van der Waals surface area contributed by atoms with Crippen molar-refractivity contribution >= 4 is 23.9 Å². The molecule has 1 heterocycles. The van der Waals surface area contributed by atoms with Gasteiger partial charge in [0.15, 0.2) is 0 Å². The number of likely N-dealkylation sites (tertiary alicyclic amines) is 1. The fourth-order valence-electron chi connectivity index (χ4n) is 2.48. The summed E-state index contributed by atoms with van der Waals surface area (Å²) in [4.78, 5) is 18.3. The van der Waals surface area contributed by atoms with Crippen molar-refractivity contribution in [2.24, 2.45) is 10.9 Å². The minimum atomic E-state index is -0.434. The molecule has 5 heteroatoms. The number of nitrogens with zero attached hydrogens (tertiary/aromatic N) is 2. The Morgan fingerprint density at radius 2 is 1.91 bits per heavy atom. The largest absolute Gasteiger partial charge is 0.444 e. The van der Waals surface area contributed by atoms with E-state index >= 15 is 0 Å². The monoisotopic (exact) mass is 336 g/mol. The maximum atomic E-state index is 12.0. The first-order chi connectivity index (χ1) is 10.8. The molecule has 0 atom stereocenters. The molecule has 0 aromatic heterocycles. The van der Waals surface area contributed by atoms with Crippen LogP contribution in [0, 0.1) is 5.92 Å². The van der Waals surface area contributed by atoms with Gasteiger partial charge in [-0.3, -0.25) is 4.99 Å². The minimum absolute atomic E-state index is 0.208. The molecular formula is C18H25ClN2O2. The summed E-state index contributed by atoms with van der Waals surface area (Å²) in [5.74, 6) is 0.525. The van der Waals surface area contributed by atoms with Crippen LogP contribution in [0.5, 0.6) is 0 Å². The summed E-state index contributed by atoms with van der Waals surface area (Å²) in [5, 5.41) is 0.733. The zero-order valence-electron chi connectivity index (χ0n) is 14.1. The van der Waals surface area contributed by atoms with Crippen molar-refractivity contribution in [2.75, 3.05) is 19.6 Å². The third kappa shape index (κ3) is 6.22. The minimum Gasteiger partial charge on any atom is -0.444 e. The topological polar surface area (TPSA) is 41.9 Å². The van der Waals surface area contributed by atoms with Crippen LogP contribution in [-0.4, -0.2) is 42.4 Å². The Kier molecular flexibility index (Phi) is 6.05. The highest BCUT2D eigenvalue weighted by atomic mass is 35.5. The van der Waals surface area contributed by atoms with Crippen molar-refractivity contribution in [1.29, 1.82) is 0 Å². The van der Waals surface area contributed by atoms with E-state index in [-0.39, 0.29) is 6.09 Å². The van der Waals surface area contributed by atoms with Crippen LogP contribution in [-0.2, 0) is 4.74 Å². The van der Waals surface area contributed by atoms with Crippen LogP contribution in [0.4, 0.5) is 4.79 Å². The standard InChI is InChI=1S/C18H25ClN2O2/c1-18(2,3)23-17(22)21-10-8-15(9-11-21)13-20-12-14-4-6-16(19)7-5-14/h4-7,12,15H,8-11,13H2,1-3H3/b20-12+. The molecule has 0 saturated carbocycles. The number of ether oxygens (including phenoxy) is 1. The van der Waals surface area contributed by atoms with Crippen molar-refractivity contribution in [3.05, 3.63) is 34.9 Å². The van der Waals surface area contributed by atoms with E-state index in [2.05, 4.69) is 4.99 Å². The van der Waals surface area contributed by atoms with E-state index in [1.54, 1.807) is 4.90 Å². The fraction of sp³-hybridized carbons (Fsp3) is 0.556. The molecule has 1 aliphatic heterocycles. The summed E-state index contributed by atoms with van der Waals surface area (Å²) in [6.07, 6.45) is 3.62. The van der Waals surface area contributed by atoms with E-state index in [0.717, 1.165) is 43.1 Å². The molecule has 1 saturated heterocycles. The quantitative estimate of drug-likeness (QED) is 0.767. The molecule has 1 aromatic rings. The number of hydrogen-bond donors (Lipinski definition) is 0. The van der Waals surface area contributed by atoms with E-state index < -0.39 is 5.60 Å². The third-order valence-electron chi connectivity index (χ3n) is 3.74. The predicted molar refractivity (Wildman–Crippen MR) is 94.4 cm³/mol. The molecular weight excluding hydrogens is 312 g/mol. The van der Waals surface area contributed by atoms with Gasteiger partial charge in [-0.1, -0.05) is 23.7 Å². The number of rotatable bonds is 3. The van der Waals surface area contributed by atoms with Crippen LogP contribution in [0.1, 0.15) is 39.2 Å². The van der Waals surface area contributed by atoms with Crippen LogP contribution < -0.4 is 0 Å². The average Bonchev–Trinajstić information content (AvgIpc) is 2.48. The molecule has 4 nitrogen and oxygen atoms in total. The lowest BCUT2D eigenvalue weighted by atomic mass is 9.97. The molecule has 23 heavy (non-hydrogen) atoms. The first-order valence-electron chi connectivity index (χ1n) is 8.07. The smallest absolute Gasteiger partial charge is 0.410 e. The molecule has 0 bridgehead atoms. The molecule has 0 spiro atoms. The van der Waals surface area contributed by atoms with Gasteiger partial charge in [-0.2, -0.15) is 0 Å². The van der Waals surface area contributed by atoms with Gasteiger partial charge in [0.1, 0.15) is 5.60 Å². The number of aliphatic imine (C=N–C) groups is 1. The SMILES string of the molecule is CC(C)(C)OC(=O)N1CCC(C/N=C/c2ccc(Cl)cc2)CC1. The Hall–Kier alpha value is -1.55. The van der Waals surface area contributed by atoms with E-state index in [1.807, 2.05) is 51.3 Å². The van der Waals surface area contributed by atoms with Gasteiger partial charge in [-0.05, 0) is 57.2 Å². The first kappa shape index (κ1) is 17.8. The average molecular weight is 337 g/mol. The van der Waals surface area contributed by atoms with Crippen LogP contribution in [0.25, 0.3) is 0 Å². The van der Waals surface area contributed by atoms with Crippen LogP contribution in [0.15, 0.2) is 29.3 Å². The van der Waals surface area contributed by atoms with E-state index in [1.165, 1.54) is 0 Å². The highest BCUT2D eigenvalue weighted by Crippen LogP contribution is 2.20. The molecule has 1 amide bonds. The Bertz CT molecular complexity index is 541. The molecule has 0 radical (unpaired) electrons. The molecule has 0 N–H and O–H groups in total. The second-order valence-electron chi connectivity index (χ2n) is 6.96. The number of halogens is 1. The van der Waals surface area contributed by atoms with Gasteiger partial charge >= 0.3 is 6.09 Å². The lowest BCUT2D eigenvalue weighted by Gasteiger charge is -2.32. The van der Waals surface area contributed by atoms with Crippen molar-refractivity contribution < 1.29 is 9.53 Å². The van der Waals surface area contributed by atoms with Crippen molar-refractivity contribution in [3.63, 3.8) is 0 Å². The third-order valence-corrected chi connectivity index (χ3v) is 3.99. The Morgan fingerprint density at radius 1 is 1.30 bits per heavy atom. The summed E-state index contributed by atoms with van der Waals surface area (Å²) in [7, 11) is 0. The highest BCUT2D eigenvalue weighted by Gasteiger charge is 2.26. The van der Waals surface area contributed by atoms with Gasteiger partial charge in [0, 0.05) is 30.9 Å². The second kappa shape index (κ2) is 7.82. The summed E-state index contributed by atoms with van der Waals surface area (Å²) < 4.78 is 5.41. The van der Waals surface area contributed by atoms with Gasteiger partial charge in [0.25, 0.3) is 0 Å². The highest BCUT2D eigenvalue weighted by molar-refractivity contribution is 6.30. The summed E-state index contributed by atoms with van der Waals surface area (Å²) >= 11 is 5.86. The molecule has 1 aliphatic rings. The number of carbonyl (C=O) groups is 1. The number of hydrogen-bond acceptors (Lipinski definition) is 3. The Labute approximate surface area is 143 Å². The lowest BCUT2D eigenvalue weighted by Crippen LogP contribution is -2.42. The molecule has 1 aromatic carbocycles. The molecule has 126 valence electrons. The predicted octanol–water partition coefficient (Wildman–Crippen LogP) is 4.41. The van der Waals surface area contributed by atoms with Crippen LogP contribution >= 0.6 is 11.6 Å². The zero-order chi connectivity index (χ0) is 16.9. The summed E-state index contributed by atoms with van der Waals surface area (Å²) in [5.41, 5.74) is 0.622. The number of piperidine rings is 1. The van der Waals surface area contributed by atoms with Gasteiger partial charge < -0.3 is 9.64 Å². The molecule has 1 fully saturated rings. The molecule has 0 unspecified atom stereocenters. The van der Waals surface area contributed by atoms with E-state index in [0.29, 0.717) is 5.92 Å². The van der Waals surface area contributed by atoms with Crippen molar-refractivity contribution in [3.8, 4) is 0 Å². The first-order valence-corrected chi connectivity index (χ1v) is 8.44.